The van der Waals surface area contributed by atoms with Crippen molar-refractivity contribution in [2.45, 2.75) is 109 Å². The van der Waals surface area contributed by atoms with Crippen molar-refractivity contribution in [2.75, 3.05) is 0 Å². The van der Waals surface area contributed by atoms with Crippen LogP contribution in [0.1, 0.15) is 103 Å². The molecule has 2 aliphatic carbocycles. The summed E-state index contributed by atoms with van der Waals surface area (Å²) in [5.41, 5.74) is 0. The molecule has 2 saturated carbocycles. The maximum atomic E-state index is 12.2. The predicted molar refractivity (Wildman–Crippen MR) is 102 cm³/mol. The van der Waals surface area contributed by atoms with Gasteiger partial charge in [-0.05, 0) is 31.6 Å². The van der Waals surface area contributed by atoms with E-state index in [4.69, 9.17) is 0 Å². The van der Waals surface area contributed by atoms with Crippen LogP contribution in [0.3, 0.4) is 0 Å². The van der Waals surface area contributed by atoms with Crippen molar-refractivity contribution in [3.63, 3.8) is 0 Å². The molecular formula is C21H38N2O. The van der Waals surface area contributed by atoms with Gasteiger partial charge in [0.05, 0.1) is 0 Å². The molecule has 2 N–H and O–H groups in total. The molecular weight excluding hydrogens is 296 g/mol. The van der Waals surface area contributed by atoms with E-state index in [0.717, 1.165) is 12.8 Å². The predicted octanol–water partition coefficient (Wildman–Crippen LogP) is 6.05. The van der Waals surface area contributed by atoms with Gasteiger partial charge in [-0.15, -0.1) is 0 Å². The molecule has 0 bridgehead atoms. The van der Waals surface area contributed by atoms with Gasteiger partial charge >= 0.3 is 6.03 Å². The van der Waals surface area contributed by atoms with Crippen molar-refractivity contribution in [2.24, 2.45) is 5.92 Å². The molecule has 138 valence electrons. The maximum absolute atomic E-state index is 12.2. The van der Waals surface area contributed by atoms with E-state index in [9.17, 15) is 4.79 Å². The number of rotatable bonds is 3. The smallest absolute Gasteiger partial charge is 0.318 e. The summed E-state index contributed by atoms with van der Waals surface area (Å²) in [6.07, 6.45) is 25.0. The minimum atomic E-state index is -0.0147. The molecule has 3 nitrogen and oxygen atoms in total. The third-order valence-corrected chi connectivity index (χ3v) is 5.67. The van der Waals surface area contributed by atoms with E-state index in [0.29, 0.717) is 12.0 Å². The monoisotopic (exact) mass is 334 g/mol. The molecule has 3 heteroatoms. The van der Waals surface area contributed by atoms with Crippen LogP contribution in [0.5, 0.6) is 0 Å². The minimum absolute atomic E-state index is 0.0147. The highest BCUT2D eigenvalue weighted by atomic mass is 16.2. The molecule has 2 fully saturated rings. The molecule has 0 aliphatic heterocycles. The molecule has 2 aliphatic rings. The molecule has 0 atom stereocenters. The quantitative estimate of drug-likeness (QED) is 0.648. The molecule has 2 amide bonds. The summed E-state index contributed by atoms with van der Waals surface area (Å²) in [6.45, 7) is 0. The SMILES string of the molecule is O=C(N/C=C/C1CCCCC1)NC1CCCCCCCCCCC1. The van der Waals surface area contributed by atoms with Gasteiger partial charge in [-0.1, -0.05) is 83.1 Å². The minimum Gasteiger partial charge on any atom is -0.335 e. The maximum Gasteiger partial charge on any atom is 0.318 e. The topological polar surface area (TPSA) is 41.1 Å². The number of hydrogen-bond acceptors (Lipinski definition) is 1. The van der Waals surface area contributed by atoms with Crippen LogP contribution in [-0.2, 0) is 0 Å². The second kappa shape index (κ2) is 12.4. The van der Waals surface area contributed by atoms with Crippen molar-refractivity contribution < 1.29 is 4.79 Å². The fourth-order valence-electron chi connectivity index (χ4n) is 4.12. The first kappa shape index (κ1) is 19.3. The second-order valence-electron chi connectivity index (χ2n) is 7.83. The molecule has 0 aromatic rings. The Hall–Kier alpha value is -0.990. The first-order valence-electron chi connectivity index (χ1n) is 10.6. The lowest BCUT2D eigenvalue weighted by Crippen LogP contribution is -2.40. The number of amides is 2. The highest BCUT2D eigenvalue weighted by Gasteiger charge is 2.13. The molecule has 2 rings (SSSR count). The normalized spacial score (nSPS) is 23.3. The zero-order valence-corrected chi connectivity index (χ0v) is 15.5. The van der Waals surface area contributed by atoms with Crippen LogP contribution in [0.25, 0.3) is 0 Å². The highest BCUT2D eigenvalue weighted by Crippen LogP contribution is 2.24. The number of hydrogen-bond donors (Lipinski definition) is 2. The average molecular weight is 335 g/mol. The van der Waals surface area contributed by atoms with Gasteiger partial charge in [-0.25, -0.2) is 4.79 Å². The summed E-state index contributed by atoms with van der Waals surface area (Å²) in [5, 5.41) is 6.14. The van der Waals surface area contributed by atoms with Gasteiger partial charge in [-0.3, -0.25) is 0 Å². The van der Waals surface area contributed by atoms with E-state index >= 15 is 0 Å². The Balaban J connectivity index is 1.67. The van der Waals surface area contributed by atoms with Crippen molar-refractivity contribution in [3.05, 3.63) is 12.3 Å². The van der Waals surface area contributed by atoms with Gasteiger partial charge in [0.15, 0.2) is 0 Å². The van der Waals surface area contributed by atoms with Crippen LogP contribution in [0, 0.1) is 5.92 Å². The summed E-state index contributed by atoms with van der Waals surface area (Å²) in [6, 6.07) is 0.340. The molecule has 0 unspecified atom stereocenters. The standard InChI is InChI=1S/C21H38N2O/c24-21(22-18-17-19-13-9-8-10-14-19)23-20-15-11-6-4-2-1-3-5-7-12-16-20/h17-20H,1-16H2,(H2,22,23,24)/b18-17+. The van der Waals surface area contributed by atoms with Gasteiger partial charge in [0.25, 0.3) is 0 Å². The zero-order chi connectivity index (χ0) is 16.9. The molecule has 0 aromatic carbocycles. The van der Waals surface area contributed by atoms with Crippen LogP contribution < -0.4 is 10.6 Å². The van der Waals surface area contributed by atoms with Crippen LogP contribution in [-0.4, -0.2) is 12.1 Å². The first-order chi connectivity index (χ1) is 11.8. The molecule has 0 heterocycles. The van der Waals surface area contributed by atoms with E-state index in [1.54, 1.807) is 0 Å². The number of urea groups is 1. The Kier molecular flexibility index (Phi) is 9.98. The third kappa shape index (κ3) is 8.75. The van der Waals surface area contributed by atoms with Gasteiger partial charge in [0.2, 0.25) is 0 Å². The number of carbonyl (C=O) groups excluding carboxylic acids is 1. The van der Waals surface area contributed by atoms with Gasteiger partial charge in [-0.2, -0.15) is 0 Å². The van der Waals surface area contributed by atoms with E-state index in [-0.39, 0.29) is 6.03 Å². The summed E-state index contributed by atoms with van der Waals surface area (Å²) in [5.74, 6) is 0.667. The van der Waals surface area contributed by atoms with Crippen molar-refractivity contribution in [1.82, 2.24) is 10.6 Å². The molecule has 0 spiro atoms. The lowest BCUT2D eigenvalue weighted by molar-refractivity contribution is 0.237. The van der Waals surface area contributed by atoms with E-state index in [2.05, 4.69) is 16.7 Å². The number of carbonyl (C=O) groups is 1. The zero-order valence-electron chi connectivity index (χ0n) is 15.5. The lowest BCUT2D eigenvalue weighted by atomic mass is 9.89. The van der Waals surface area contributed by atoms with Crippen molar-refractivity contribution >= 4 is 6.03 Å². The summed E-state index contributed by atoms with van der Waals surface area (Å²) >= 11 is 0. The third-order valence-electron chi connectivity index (χ3n) is 5.67. The summed E-state index contributed by atoms with van der Waals surface area (Å²) in [7, 11) is 0. The number of allylic oxidation sites excluding steroid dienone is 1. The van der Waals surface area contributed by atoms with Crippen LogP contribution in [0.2, 0.25) is 0 Å². The van der Waals surface area contributed by atoms with Crippen molar-refractivity contribution in [1.29, 1.82) is 0 Å². The Bertz CT molecular complexity index is 349. The van der Waals surface area contributed by atoms with Crippen molar-refractivity contribution in [3.8, 4) is 0 Å². The Morgan fingerprint density at radius 3 is 1.71 bits per heavy atom. The van der Waals surface area contributed by atoms with E-state index in [1.807, 2.05) is 6.20 Å². The lowest BCUT2D eigenvalue weighted by Gasteiger charge is -2.20. The molecule has 0 aromatic heterocycles. The largest absolute Gasteiger partial charge is 0.335 e. The summed E-state index contributed by atoms with van der Waals surface area (Å²) in [4.78, 5) is 12.2. The van der Waals surface area contributed by atoms with Crippen LogP contribution in [0.4, 0.5) is 4.79 Å². The van der Waals surface area contributed by atoms with E-state index in [1.165, 1.54) is 89.9 Å². The van der Waals surface area contributed by atoms with E-state index < -0.39 is 0 Å². The molecule has 0 saturated heterocycles. The van der Waals surface area contributed by atoms with Gasteiger partial charge < -0.3 is 10.6 Å². The van der Waals surface area contributed by atoms with Gasteiger partial charge in [0.1, 0.15) is 0 Å². The molecule has 0 radical (unpaired) electrons. The Labute approximate surface area is 149 Å². The number of nitrogens with one attached hydrogen (secondary N) is 2. The fraction of sp³-hybridized carbons (Fsp3) is 0.857. The fourth-order valence-corrected chi connectivity index (χ4v) is 4.12. The Morgan fingerprint density at radius 1 is 0.667 bits per heavy atom. The van der Waals surface area contributed by atoms with Gasteiger partial charge in [0, 0.05) is 12.2 Å². The summed E-state index contributed by atoms with van der Waals surface area (Å²) < 4.78 is 0. The van der Waals surface area contributed by atoms with Crippen LogP contribution in [0.15, 0.2) is 12.3 Å². The highest BCUT2D eigenvalue weighted by molar-refractivity contribution is 5.75. The average Bonchev–Trinajstić information content (AvgIpc) is 2.58. The Morgan fingerprint density at radius 2 is 1.12 bits per heavy atom. The first-order valence-corrected chi connectivity index (χ1v) is 10.6. The van der Waals surface area contributed by atoms with Crippen LogP contribution >= 0.6 is 0 Å². The second-order valence-corrected chi connectivity index (χ2v) is 7.83. The molecule has 24 heavy (non-hydrogen) atoms.